The van der Waals surface area contributed by atoms with Crippen molar-refractivity contribution in [3.63, 3.8) is 0 Å². The van der Waals surface area contributed by atoms with Crippen LogP contribution in [0.15, 0.2) is 46.2 Å². The minimum Gasteiger partial charge on any atom is -0.0651 e. The van der Waals surface area contributed by atoms with E-state index in [2.05, 4.69) is 64.1 Å². The van der Waals surface area contributed by atoms with E-state index in [-0.39, 0.29) is 0 Å². The van der Waals surface area contributed by atoms with Gasteiger partial charge in [0.1, 0.15) is 0 Å². The Labute approximate surface area is 169 Å². The van der Waals surface area contributed by atoms with E-state index in [4.69, 9.17) is 0 Å². The molecule has 0 aliphatic heterocycles. The van der Waals surface area contributed by atoms with Gasteiger partial charge in [-0.15, -0.1) is 0 Å². The fourth-order valence-electron chi connectivity index (χ4n) is 3.44. The van der Waals surface area contributed by atoms with E-state index in [1.807, 2.05) is 21.6 Å². The lowest BCUT2D eigenvalue weighted by Gasteiger charge is -2.17. The average molecular weight is 387 g/mol. The van der Waals surface area contributed by atoms with Crippen molar-refractivity contribution in [1.82, 2.24) is 0 Å². The third-order valence-corrected chi connectivity index (χ3v) is 7.36. The SMILES string of the molecule is CCCc1cccc(CCC)c1SSc1c(CCC)cccc1CCC. The maximum Gasteiger partial charge on any atom is 0.0250 e. The third-order valence-electron chi connectivity index (χ3n) is 4.64. The van der Waals surface area contributed by atoms with Crippen molar-refractivity contribution < 1.29 is 0 Å². The van der Waals surface area contributed by atoms with Crippen LogP contribution in [0, 0.1) is 0 Å². The van der Waals surface area contributed by atoms with Gasteiger partial charge in [0.15, 0.2) is 0 Å². The summed E-state index contributed by atoms with van der Waals surface area (Å²) in [6.45, 7) is 9.13. The maximum atomic E-state index is 2.33. The Balaban J connectivity index is 2.33. The highest BCUT2D eigenvalue weighted by Gasteiger charge is 2.13. The molecule has 0 saturated carbocycles. The molecule has 0 aliphatic carbocycles. The second kappa shape index (κ2) is 11.8. The Bertz CT molecular complexity index is 568. The minimum absolute atomic E-state index is 1.18. The molecule has 2 aromatic rings. The second-order valence-electron chi connectivity index (χ2n) is 6.98. The highest BCUT2D eigenvalue weighted by molar-refractivity contribution is 8.76. The van der Waals surface area contributed by atoms with E-state index >= 15 is 0 Å². The van der Waals surface area contributed by atoms with Crippen molar-refractivity contribution in [2.75, 3.05) is 0 Å². The zero-order valence-electron chi connectivity index (χ0n) is 16.9. The van der Waals surface area contributed by atoms with Gasteiger partial charge in [0.25, 0.3) is 0 Å². The van der Waals surface area contributed by atoms with Crippen LogP contribution in [0.3, 0.4) is 0 Å². The maximum absolute atomic E-state index is 2.33. The van der Waals surface area contributed by atoms with Crippen molar-refractivity contribution in [2.24, 2.45) is 0 Å². The van der Waals surface area contributed by atoms with Crippen LogP contribution in [-0.4, -0.2) is 0 Å². The van der Waals surface area contributed by atoms with Gasteiger partial charge in [0.05, 0.1) is 0 Å². The van der Waals surface area contributed by atoms with Crippen LogP contribution in [0.1, 0.15) is 75.6 Å². The van der Waals surface area contributed by atoms with Crippen LogP contribution in [0.4, 0.5) is 0 Å². The smallest absolute Gasteiger partial charge is 0.0250 e. The number of benzene rings is 2. The minimum atomic E-state index is 1.18. The molecule has 2 heteroatoms. The molecule has 142 valence electrons. The lowest BCUT2D eigenvalue weighted by atomic mass is 10.0. The Morgan fingerprint density at radius 1 is 0.500 bits per heavy atom. The molecule has 0 N–H and O–H groups in total. The summed E-state index contributed by atoms with van der Waals surface area (Å²) in [6.07, 6.45) is 9.56. The fourth-order valence-corrected chi connectivity index (χ4v) is 6.50. The molecule has 0 atom stereocenters. The summed E-state index contributed by atoms with van der Waals surface area (Å²) in [7, 11) is 4.01. The van der Waals surface area contributed by atoms with E-state index in [1.54, 1.807) is 0 Å². The summed E-state index contributed by atoms with van der Waals surface area (Å²) in [6, 6.07) is 13.8. The van der Waals surface area contributed by atoms with Gasteiger partial charge in [0, 0.05) is 9.79 Å². The third kappa shape index (κ3) is 5.82. The molecule has 0 heterocycles. The Hall–Kier alpha value is -0.860. The summed E-state index contributed by atoms with van der Waals surface area (Å²) in [5, 5.41) is 0. The molecule has 0 fully saturated rings. The summed E-state index contributed by atoms with van der Waals surface area (Å²) in [5.74, 6) is 0. The van der Waals surface area contributed by atoms with Gasteiger partial charge in [-0.3, -0.25) is 0 Å². The van der Waals surface area contributed by atoms with Crippen molar-refractivity contribution >= 4 is 21.6 Å². The highest BCUT2D eigenvalue weighted by Crippen LogP contribution is 2.44. The molecule has 2 rings (SSSR count). The normalized spacial score (nSPS) is 11.1. The average Bonchev–Trinajstić information content (AvgIpc) is 2.64. The number of hydrogen-bond donors (Lipinski definition) is 0. The Morgan fingerprint density at radius 2 is 0.769 bits per heavy atom. The molecule has 2 aromatic carbocycles. The van der Waals surface area contributed by atoms with E-state index in [0.29, 0.717) is 0 Å². The van der Waals surface area contributed by atoms with Crippen LogP contribution in [0.5, 0.6) is 0 Å². The van der Waals surface area contributed by atoms with E-state index in [1.165, 1.54) is 83.4 Å². The number of aryl methyl sites for hydroxylation is 4. The monoisotopic (exact) mass is 386 g/mol. The molecule has 0 unspecified atom stereocenters. The van der Waals surface area contributed by atoms with Crippen LogP contribution in [0.25, 0.3) is 0 Å². The van der Waals surface area contributed by atoms with Gasteiger partial charge < -0.3 is 0 Å². The largest absolute Gasteiger partial charge is 0.0651 e. The molecule has 0 amide bonds. The summed E-state index contributed by atoms with van der Waals surface area (Å²) in [5.41, 5.74) is 6.11. The quantitative estimate of drug-likeness (QED) is 0.356. The predicted octanol–water partition coefficient (Wildman–Crippen LogP) is 8.30. The highest BCUT2D eigenvalue weighted by atomic mass is 33.1. The summed E-state index contributed by atoms with van der Waals surface area (Å²) in [4.78, 5) is 3.05. The summed E-state index contributed by atoms with van der Waals surface area (Å²) < 4.78 is 0. The van der Waals surface area contributed by atoms with Crippen LogP contribution in [-0.2, 0) is 25.7 Å². The first kappa shape index (κ1) is 21.4. The summed E-state index contributed by atoms with van der Waals surface area (Å²) >= 11 is 0. The Morgan fingerprint density at radius 3 is 1.00 bits per heavy atom. The Kier molecular flexibility index (Phi) is 9.71. The lowest BCUT2D eigenvalue weighted by Crippen LogP contribution is -1.96. The van der Waals surface area contributed by atoms with Gasteiger partial charge in [0.2, 0.25) is 0 Å². The lowest BCUT2D eigenvalue weighted by molar-refractivity contribution is 0.858. The van der Waals surface area contributed by atoms with Crippen LogP contribution < -0.4 is 0 Å². The van der Waals surface area contributed by atoms with Crippen molar-refractivity contribution in [1.29, 1.82) is 0 Å². The van der Waals surface area contributed by atoms with E-state index in [0.717, 1.165) is 0 Å². The first-order chi connectivity index (χ1) is 12.7. The molecule has 0 aromatic heterocycles. The molecule has 0 spiro atoms. The van der Waals surface area contributed by atoms with Gasteiger partial charge in [-0.2, -0.15) is 0 Å². The molecule has 0 nitrogen and oxygen atoms in total. The van der Waals surface area contributed by atoms with Crippen LogP contribution in [0.2, 0.25) is 0 Å². The van der Waals surface area contributed by atoms with Crippen molar-refractivity contribution in [2.45, 2.75) is 88.9 Å². The molecular weight excluding hydrogens is 352 g/mol. The van der Waals surface area contributed by atoms with Crippen LogP contribution >= 0.6 is 21.6 Å². The molecule has 0 bridgehead atoms. The number of rotatable bonds is 11. The first-order valence-corrected chi connectivity index (χ1v) is 12.5. The van der Waals surface area contributed by atoms with Gasteiger partial charge >= 0.3 is 0 Å². The topological polar surface area (TPSA) is 0 Å². The van der Waals surface area contributed by atoms with Crippen molar-refractivity contribution in [3.05, 3.63) is 58.7 Å². The zero-order chi connectivity index (χ0) is 18.8. The molecule has 0 saturated heterocycles. The molecule has 26 heavy (non-hydrogen) atoms. The van der Waals surface area contributed by atoms with Gasteiger partial charge in [-0.05, 0) is 47.9 Å². The molecule has 0 aliphatic rings. The predicted molar refractivity (Wildman–Crippen MR) is 121 cm³/mol. The molecule has 0 radical (unpaired) electrons. The standard InChI is InChI=1S/C24H34S2/c1-5-11-19-15-9-16-20(12-6-2)23(19)25-26-24-21(13-7-3)17-10-18-22(24)14-8-4/h9-10,15-18H,5-8,11-14H2,1-4H3. The first-order valence-electron chi connectivity index (χ1n) is 10.3. The van der Waals surface area contributed by atoms with Gasteiger partial charge in [-0.25, -0.2) is 0 Å². The molecular formula is C24H34S2. The number of hydrogen-bond acceptors (Lipinski definition) is 2. The van der Waals surface area contributed by atoms with E-state index < -0.39 is 0 Å². The fraction of sp³-hybridized carbons (Fsp3) is 0.500. The second-order valence-corrected chi connectivity index (χ2v) is 9.13. The zero-order valence-corrected chi connectivity index (χ0v) is 18.6. The van der Waals surface area contributed by atoms with Gasteiger partial charge in [-0.1, -0.05) is 111 Å². The van der Waals surface area contributed by atoms with E-state index in [9.17, 15) is 0 Å². The van der Waals surface area contributed by atoms with Crippen molar-refractivity contribution in [3.8, 4) is 0 Å².